The average molecular weight is 361 g/mol. The molecule has 0 bridgehead atoms. The van der Waals surface area contributed by atoms with Crippen molar-refractivity contribution in [2.45, 2.75) is 44.9 Å². The molecule has 1 fully saturated rings. The van der Waals surface area contributed by atoms with Crippen molar-refractivity contribution >= 4 is 5.91 Å². The molecule has 3 rings (SSSR count). The summed E-state index contributed by atoms with van der Waals surface area (Å²) in [6.07, 6.45) is 4.67. The highest BCUT2D eigenvalue weighted by Gasteiger charge is 2.37. The van der Waals surface area contributed by atoms with Crippen molar-refractivity contribution in [1.29, 1.82) is 0 Å². The van der Waals surface area contributed by atoms with Crippen molar-refractivity contribution in [2.75, 3.05) is 7.11 Å². The number of amides is 1. The summed E-state index contributed by atoms with van der Waals surface area (Å²) in [4.78, 5) is 12.5. The Morgan fingerprint density at radius 2 is 2.27 bits per heavy atom. The molecule has 1 aromatic heterocycles. The lowest BCUT2D eigenvalue weighted by Crippen LogP contribution is -2.41. The zero-order chi connectivity index (χ0) is 18.7. The van der Waals surface area contributed by atoms with E-state index in [2.05, 4.69) is 10.4 Å². The van der Waals surface area contributed by atoms with E-state index < -0.39 is 6.04 Å². The van der Waals surface area contributed by atoms with E-state index in [0.717, 1.165) is 5.56 Å². The Balaban J connectivity index is 1.72. The number of nitrogens with one attached hydrogen (secondary N) is 1. The second-order valence-corrected chi connectivity index (χ2v) is 6.85. The Morgan fingerprint density at radius 3 is 2.88 bits per heavy atom. The fourth-order valence-corrected chi connectivity index (χ4v) is 3.35. The largest absolute Gasteiger partial charge is 0.496 e. The molecule has 0 spiro atoms. The highest BCUT2D eigenvalue weighted by molar-refractivity contribution is 5.76. The van der Waals surface area contributed by atoms with Crippen molar-refractivity contribution < 1.29 is 19.0 Å². The molecule has 0 saturated heterocycles. The van der Waals surface area contributed by atoms with Crippen LogP contribution in [0, 0.1) is 18.7 Å². The number of aromatic nitrogens is 2. The van der Waals surface area contributed by atoms with E-state index in [4.69, 9.17) is 4.74 Å². The molecule has 0 radical (unpaired) electrons. The van der Waals surface area contributed by atoms with E-state index in [-0.39, 0.29) is 30.2 Å². The van der Waals surface area contributed by atoms with Gasteiger partial charge in [-0.05, 0) is 49.4 Å². The van der Waals surface area contributed by atoms with Gasteiger partial charge in [-0.2, -0.15) is 5.10 Å². The number of aliphatic hydroxyl groups is 1. The molecule has 2 aromatic rings. The van der Waals surface area contributed by atoms with E-state index in [1.807, 2.05) is 13.1 Å². The third-order valence-corrected chi connectivity index (χ3v) is 4.79. The van der Waals surface area contributed by atoms with Crippen LogP contribution in [0.2, 0.25) is 0 Å². The third-order valence-electron chi connectivity index (χ3n) is 4.79. The van der Waals surface area contributed by atoms with Gasteiger partial charge < -0.3 is 15.2 Å². The van der Waals surface area contributed by atoms with Gasteiger partial charge in [-0.1, -0.05) is 0 Å². The Morgan fingerprint density at radius 1 is 1.50 bits per heavy atom. The van der Waals surface area contributed by atoms with Gasteiger partial charge in [0.25, 0.3) is 0 Å². The van der Waals surface area contributed by atoms with Crippen LogP contribution in [-0.4, -0.2) is 34.0 Å². The van der Waals surface area contributed by atoms with Gasteiger partial charge in [-0.3, -0.25) is 9.48 Å². The van der Waals surface area contributed by atoms with Crippen LogP contribution in [0.5, 0.6) is 5.75 Å². The normalized spacial score (nSPS) is 20.3. The maximum atomic E-state index is 13.8. The lowest BCUT2D eigenvalue weighted by Gasteiger charge is -2.38. The van der Waals surface area contributed by atoms with E-state index in [0.29, 0.717) is 30.7 Å². The zero-order valence-electron chi connectivity index (χ0n) is 15.0. The summed E-state index contributed by atoms with van der Waals surface area (Å²) in [6.45, 7) is 2.41. The maximum absolute atomic E-state index is 13.8. The number of hydrogen-bond donors (Lipinski definition) is 2. The van der Waals surface area contributed by atoms with Crippen LogP contribution < -0.4 is 10.1 Å². The van der Waals surface area contributed by atoms with Gasteiger partial charge in [0.1, 0.15) is 11.6 Å². The molecule has 26 heavy (non-hydrogen) atoms. The smallest absolute Gasteiger partial charge is 0.222 e. The predicted octanol–water partition coefficient (Wildman–Crippen LogP) is 2.36. The Labute approximate surface area is 152 Å². The predicted molar refractivity (Wildman–Crippen MR) is 94.1 cm³/mol. The third kappa shape index (κ3) is 4.22. The molecule has 1 amide bonds. The number of aliphatic hydroxyl groups excluding tert-OH is 1. The van der Waals surface area contributed by atoms with Crippen molar-refractivity contribution in [3.05, 3.63) is 47.5 Å². The van der Waals surface area contributed by atoms with Crippen molar-refractivity contribution in [2.24, 2.45) is 5.92 Å². The second-order valence-electron chi connectivity index (χ2n) is 6.85. The number of carbonyl (C=O) groups is 1. The average Bonchev–Trinajstić information content (AvgIpc) is 3.01. The first kappa shape index (κ1) is 18.4. The lowest BCUT2D eigenvalue weighted by atomic mass is 9.74. The molecule has 1 heterocycles. The van der Waals surface area contributed by atoms with Gasteiger partial charge >= 0.3 is 0 Å². The maximum Gasteiger partial charge on any atom is 0.222 e. The van der Waals surface area contributed by atoms with E-state index >= 15 is 0 Å². The van der Waals surface area contributed by atoms with Crippen LogP contribution in [0.1, 0.15) is 36.4 Å². The molecule has 1 atom stereocenters. The molecular formula is C19H24FN3O3. The number of halogens is 1. The number of nitrogens with zero attached hydrogens (tertiary/aromatic N) is 2. The number of aryl methyl sites for hydroxylation is 2. The van der Waals surface area contributed by atoms with Crippen LogP contribution in [0.25, 0.3) is 0 Å². The number of methoxy groups -OCH3 is 1. The Hall–Kier alpha value is -2.41. The van der Waals surface area contributed by atoms with Gasteiger partial charge in [-0.25, -0.2) is 4.39 Å². The quantitative estimate of drug-likeness (QED) is 0.794. The summed E-state index contributed by atoms with van der Waals surface area (Å²) >= 11 is 0. The lowest BCUT2D eigenvalue weighted by molar-refractivity contribution is -0.123. The molecule has 1 aromatic carbocycles. The molecule has 2 N–H and O–H groups in total. The highest BCUT2D eigenvalue weighted by atomic mass is 19.1. The fourth-order valence-electron chi connectivity index (χ4n) is 3.35. The van der Waals surface area contributed by atoms with Gasteiger partial charge in [0.05, 0.1) is 25.5 Å². The molecular weight excluding hydrogens is 337 g/mol. The molecule has 140 valence electrons. The van der Waals surface area contributed by atoms with E-state index in [1.54, 1.807) is 16.9 Å². The Kier molecular flexibility index (Phi) is 5.56. The van der Waals surface area contributed by atoms with Gasteiger partial charge in [0.2, 0.25) is 5.91 Å². The topological polar surface area (TPSA) is 76.4 Å². The molecule has 1 aliphatic carbocycles. The number of hydrogen-bond acceptors (Lipinski definition) is 4. The summed E-state index contributed by atoms with van der Waals surface area (Å²) in [5.74, 6) is 0.0557. The van der Waals surface area contributed by atoms with Crippen LogP contribution in [0.4, 0.5) is 4.39 Å². The molecule has 0 aliphatic heterocycles. The minimum atomic E-state index is -0.393. The van der Waals surface area contributed by atoms with Crippen LogP contribution in [0.15, 0.2) is 30.6 Å². The standard InChI is InChI=1S/C19H24FN3O3/c1-12-10-21-23(11-12)6-5-18(25)22-19(13-7-15(24)8-13)16-9-14(20)3-4-17(16)26-2/h3-4,9-11,13,15,19,24H,5-8H2,1-2H3,(H,22,25). The van der Waals surface area contributed by atoms with Gasteiger partial charge in [0.15, 0.2) is 0 Å². The van der Waals surface area contributed by atoms with Gasteiger partial charge in [0, 0.05) is 24.7 Å². The SMILES string of the molecule is COc1ccc(F)cc1C(NC(=O)CCn1cc(C)cn1)C1CC(O)C1. The van der Waals surface area contributed by atoms with Crippen LogP contribution in [-0.2, 0) is 11.3 Å². The second kappa shape index (κ2) is 7.86. The minimum Gasteiger partial charge on any atom is -0.496 e. The number of carbonyl (C=O) groups excluding carboxylic acids is 1. The molecule has 1 saturated carbocycles. The first-order valence-corrected chi connectivity index (χ1v) is 8.76. The molecule has 1 unspecified atom stereocenters. The summed E-state index contributed by atoms with van der Waals surface area (Å²) in [6, 6.07) is 3.89. The highest BCUT2D eigenvalue weighted by Crippen LogP contribution is 2.41. The number of benzene rings is 1. The first-order valence-electron chi connectivity index (χ1n) is 8.76. The summed E-state index contributed by atoms with van der Waals surface area (Å²) < 4.78 is 20.9. The summed E-state index contributed by atoms with van der Waals surface area (Å²) in [5, 5.41) is 16.8. The zero-order valence-corrected chi connectivity index (χ0v) is 15.0. The monoisotopic (exact) mass is 361 g/mol. The van der Waals surface area contributed by atoms with Crippen molar-refractivity contribution in [1.82, 2.24) is 15.1 Å². The summed E-state index contributed by atoms with van der Waals surface area (Å²) in [7, 11) is 1.52. The fraction of sp³-hybridized carbons (Fsp3) is 0.474. The first-order chi connectivity index (χ1) is 12.5. The van der Waals surface area contributed by atoms with Crippen molar-refractivity contribution in [3.8, 4) is 5.75 Å². The number of ether oxygens (including phenoxy) is 1. The summed E-state index contributed by atoms with van der Waals surface area (Å²) in [5.41, 5.74) is 1.64. The van der Waals surface area contributed by atoms with Gasteiger partial charge in [-0.15, -0.1) is 0 Å². The molecule has 1 aliphatic rings. The van der Waals surface area contributed by atoms with Crippen LogP contribution >= 0.6 is 0 Å². The van der Waals surface area contributed by atoms with Crippen molar-refractivity contribution in [3.63, 3.8) is 0 Å². The Bertz CT molecular complexity index is 771. The molecule has 7 heteroatoms. The van der Waals surface area contributed by atoms with E-state index in [9.17, 15) is 14.3 Å². The number of rotatable bonds is 7. The molecule has 6 nitrogen and oxygen atoms in total. The minimum absolute atomic E-state index is 0.0524. The van der Waals surface area contributed by atoms with E-state index in [1.165, 1.54) is 19.2 Å². The van der Waals surface area contributed by atoms with Crippen LogP contribution in [0.3, 0.4) is 0 Å².